The summed E-state index contributed by atoms with van der Waals surface area (Å²) < 4.78 is 10.9. The normalized spacial score (nSPS) is 34.0. The molecule has 1 saturated heterocycles. The third-order valence-electron chi connectivity index (χ3n) is 2.41. The van der Waals surface area contributed by atoms with Gasteiger partial charge in [0.15, 0.2) is 5.79 Å². The smallest absolute Gasteiger partial charge is 0.164 e. The number of aliphatic hydroxyl groups is 2. The number of hydrogen-bond donors (Lipinski definition) is 4. The van der Waals surface area contributed by atoms with E-state index in [9.17, 15) is 10.2 Å². The summed E-state index contributed by atoms with van der Waals surface area (Å²) in [6.07, 6.45) is -3.00. The number of hydrogen-bond acceptors (Lipinski definition) is 6. The Hall–Kier alpha value is -0.240. The van der Waals surface area contributed by atoms with E-state index in [4.69, 9.17) is 20.9 Å². The standard InChI is InChI=1S/C9H20N2O4/c1-9(2)14-7(5(12)3-10)8(15-9)6(13)4-11/h5-8,12-13H,3-4,10-11H2,1-2H3/t5-,6-,7-,8-/m1/s1. The zero-order valence-electron chi connectivity index (χ0n) is 9.09. The van der Waals surface area contributed by atoms with Gasteiger partial charge in [-0.3, -0.25) is 0 Å². The highest BCUT2D eigenvalue weighted by atomic mass is 16.8. The fraction of sp³-hybridized carbons (Fsp3) is 1.00. The molecule has 6 nitrogen and oxygen atoms in total. The molecule has 0 aromatic heterocycles. The predicted molar refractivity (Wildman–Crippen MR) is 53.9 cm³/mol. The molecule has 1 rings (SSSR count). The number of nitrogens with two attached hydrogens (primary N) is 2. The molecule has 1 aliphatic rings. The van der Waals surface area contributed by atoms with Crippen LogP contribution in [0, 0.1) is 0 Å². The zero-order valence-corrected chi connectivity index (χ0v) is 9.09. The van der Waals surface area contributed by atoms with Gasteiger partial charge in [0.05, 0.1) is 12.2 Å². The van der Waals surface area contributed by atoms with E-state index in [-0.39, 0.29) is 13.1 Å². The Kier molecular flexibility index (Phi) is 4.05. The van der Waals surface area contributed by atoms with Crippen LogP contribution in [0.1, 0.15) is 13.8 Å². The molecule has 4 atom stereocenters. The maximum Gasteiger partial charge on any atom is 0.164 e. The van der Waals surface area contributed by atoms with Crippen LogP contribution in [0.15, 0.2) is 0 Å². The van der Waals surface area contributed by atoms with Crippen LogP contribution in [0.25, 0.3) is 0 Å². The average Bonchev–Trinajstić information content (AvgIpc) is 2.52. The van der Waals surface area contributed by atoms with E-state index in [0.717, 1.165) is 0 Å². The van der Waals surface area contributed by atoms with E-state index in [2.05, 4.69) is 0 Å². The van der Waals surface area contributed by atoms with Gasteiger partial charge in [-0.2, -0.15) is 0 Å². The van der Waals surface area contributed by atoms with E-state index in [1.165, 1.54) is 0 Å². The second-order valence-electron chi connectivity index (χ2n) is 4.17. The number of aliphatic hydroxyl groups excluding tert-OH is 2. The first-order chi connectivity index (χ1) is 6.91. The minimum Gasteiger partial charge on any atom is -0.389 e. The summed E-state index contributed by atoms with van der Waals surface area (Å²) in [7, 11) is 0. The SMILES string of the molecule is CC1(C)O[C@H]([C@H](O)CN)[C@@H]([C@H](O)CN)O1. The highest BCUT2D eigenvalue weighted by molar-refractivity contribution is 4.91. The summed E-state index contributed by atoms with van der Waals surface area (Å²) in [5.74, 6) is -0.832. The van der Waals surface area contributed by atoms with Crippen molar-refractivity contribution in [2.24, 2.45) is 11.5 Å². The van der Waals surface area contributed by atoms with Gasteiger partial charge in [-0.05, 0) is 13.8 Å². The summed E-state index contributed by atoms with van der Waals surface area (Å²) in [4.78, 5) is 0. The molecule has 0 radical (unpaired) electrons. The predicted octanol–water partition coefficient (Wildman–Crippen LogP) is -1.85. The fourth-order valence-electron chi connectivity index (χ4n) is 1.68. The molecule has 0 bridgehead atoms. The van der Waals surface area contributed by atoms with Crippen molar-refractivity contribution in [3.8, 4) is 0 Å². The van der Waals surface area contributed by atoms with Gasteiger partial charge in [0, 0.05) is 13.1 Å². The lowest BCUT2D eigenvalue weighted by Gasteiger charge is -2.23. The maximum absolute atomic E-state index is 9.62. The Morgan fingerprint density at radius 2 is 1.40 bits per heavy atom. The lowest BCUT2D eigenvalue weighted by Crippen LogP contribution is -2.47. The van der Waals surface area contributed by atoms with E-state index >= 15 is 0 Å². The quantitative estimate of drug-likeness (QED) is 0.442. The molecular formula is C9H20N2O4. The van der Waals surface area contributed by atoms with Crippen molar-refractivity contribution in [1.82, 2.24) is 0 Å². The average molecular weight is 220 g/mol. The van der Waals surface area contributed by atoms with E-state index in [1.54, 1.807) is 13.8 Å². The van der Waals surface area contributed by atoms with Gasteiger partial charge in [0.1, 0.15) is 12.2 Å². The molecule has 0 spiro atoms. The summed E-state index contributed by atoms with van der Waals surface area (Å²) in [5, 5.41) is 19.2. The van der Waals surface area contributed by atoms with Gasteiger partial charge in [-0.15, -0.1) is 0 Å². The van der Waals surface area contributed by atoms with Crippen molar-refractivity contribution >= 4 is 0 Å². The van der Waals surface area contributed by atoms with Crippen LogP contribution in [0.2, 0.25) is 0 Å². The molecule has 6 N–H and O–H groups in total. The molecule has 1 heterocycles. The van der Waals surface area contributed by atoms with Crippen molar-refractivity contribution in [1.29, 1.82) is 0 Å². The molecule has 0 aromatic carbocycles. The van der Waals surface area contributed by atoms with E-state index < -0.39 is 30.2 Å². The Morgan fingerprint density at radius 3 is 1.67 bits per heavy atom. The second kappa shape index (κ2) is 4.73. The van der Waals surface area contributed by atoms with Gasteiger partial charge in [0.2, 0.25) is 0 Å². The molecule has 0 saturated carbocycles. The molecule has 15 heavy (non-hydrogen) atoms. The third kappa shape index (κ3) is 2.87. The summed E-state index contributed by atoms with van der Waals surface area (Å²) in [6, 6.07) is 0. The molecule has 1 fully saturated rings. The first-order valence-corrected chi connectivity index (χ1v) is 5.03. The molecule has 90 valence electrons. The van der Waals surface area contributed by atoms with Crippen LogP contribution in [0.3, 0.4) is 0 Å². The Morgan fingerprint density at radius 1 is 1.07 bits per heavy atom. The van der Waals surface area contributed by atoms with E-state index in [0.29, 0.717) is 0 Å². The molecule has 0 amide bonds. The fourth-order valence-corrected chi connectivity index (χ4v) is 1.68. The van der Waals surface area contributed by atoms with Crippen LogP contribution in [0.4, 0.5) is 0 Å². The van der Waals surface area contributed by atoms with Crippen LogP contribution in [0.5, 0.6) is 0 Å². The van der Waals surface area contributed by atoms with Crippen molar-refractivity contribution in [2.75, 3.05) is 13.1 Å². The van der Waals surface area contributed by atoms with Crippen molar-refractivity contribution in [2.45, 2.75) is 44.1 Å². The van der Waals surface area contributed by atoms with Crippen molar-refractivity contribution < 1.29 is 19.7 Å². The summed E-state index contributed by atoms with van der Waals surface area (Å²) in [5.41, 5.74) is 10.7. The largest absolute Gasteiger partial charge is 0.389 e. The number of rotatable bonds is 4. The molecule has 0 unspecified atom stereocenters. The Labute approximate surface area is 89.1 Å². The number of ether oxygens (including phenoxy) is 2. The molecule has 0 aliphatic carbocycles. The van der Waals surface area contributed by atoms with Crippen LogP contribution in [-0.4, -0.2) is 53.5 Å². The van der Waals surface area contributed by atoms with E-state index in [1.807, 2.05) is 0 Å². The van der Waals surface area contributed by atoms with Crippen LogP contribution >= 0.6 is 0 Å². The van der Waals surface area contributed by atoms with Crippen LogP contribution < -0.4 is 11.5 Å². The molecular weight excluding hydrogens is 200 g/mol. The van der Waals surface area contributed by atoms with Gasteiger partial charge >= 0.3 is 0 Å². The monoisotopic (exact) mass is 220 g/mol. The topological polar surface area (TPSA) is 111 Å². The Balaban J connectivity index is 2.74. The first kappa shape index (κ1) is 12.8. The van der Waals surface area contributed by atoms with Gasteiger partial charge < -0.3 is 31.2 Å². The van der Waals surface area contributed by atoms with Crippen molar-refractivity contribution in [3.05, 3.63) is 0 Å². The molecule has 0 aromatic rings. The molecule has 1 aliphatic heterocycles. The third-order valence-corrected chi connectivity index (χ3v) is 2.41. The lowest BCUT2D eigenvalue weighted by atomic mass is 10.0. The summed E-state index contributed by atoms with van der Waals surface area (Å²) >= 11 is 0. The van der Waals surface area contributed by atoms with Crippen LogP contribution in [-0.2, 0) is 9.47 Å². The second-order valence-corrected chi connectivity index (χ2v) is 4.17. The highest BCUT2D eigenvalue weighted by Gasteiger charge is 2.47. The van der Waals surface area contributed by atoms with Crippen molar-refractivity contribution in [3.63, 3.8) is 0 Å². The maximum atomic E-state index is 9.62. The van der Waals surface area contributed by atoms with Gasteiger partial charge in [0.25, 0.3) is 0 Å². The first-order valence-electron chi connectivity index (χ1n) is 5.03. The van der Waals surface area contributed by atoms with Gasteiger partial charge in [-0.25, -0.2) is 0 Å². The lowest BCUT2D eigenvalue weighted by molar-refractivity contribution is -0.159. The van der Waals surface area contributed by atoms with Gasteiger partial charge in [-0.1, -0.05) is 0 Å². The zero-order chi connectivity index (χ0) is 11.6. The molecule has 6 heteroatoms. The Bertz CT molecular complexity index is 192. The minimum absolute atomic E-state index is 0.0535. The minimum atomic E-state index is -0.863. The summed E-state index contributed by atoms with van der Waals surface area (Å²) in [6.45, 7) is 3.54. The highest BCUT2D eigenvalue weighted by Crippen LogP contribution is 2.31.